The second-order valence-corrected chi connectivity index (χ2v) is 6.85. The molecule has 4 rings (SSSR count). The van der Waals surface area contributed by atoms with Crippen molar-refractivity contribution in [3.63, 3.8) is 0 Å². The van der Waals surface area contributed by atoms with Gasteiger partial charge in [-0.3, -0.25) is 4.98 Å². The number of anilines is 1. The number of carbonyl (C=O) groups is 2. The highest BCUT2D eigenvalue weighted by Gasteiger charge is 2.34. The molecule has 0 saturated heterocycles. The predicted octanol–water partition coefficient (Wildman–Crippen LogP) is 3.08. The fourth-order valence-electron chi connectivity index (χ4n) is 3.56. The number of rotatable bonds is 3. The number of fused-ring (bicyclic) bond motifs is 1. The fourth-order valence-corrected chi connectivity index (χ4v) is 3.56. The molecule has 8 heteroatoms. The number of imidazole rings is 1. The number of pyridine rings is 1. The number of hydrogen-bond acceptors (Lipinski definition) is 5. The smallest absolute Gasteiger partial charge is 0.337 e. The Morgan fingerprint density at radius 2 is 2.17 bits per heavy atom. The van der Waals surface area contributed by atoms with Crippen LogP contribution in [0.1, 0.15) is 38.9 Å². The van der Waals surface area contributed by atoms with E-state index in [4.69, 9.17) is 4.74 Å². The van der Waals surface area contributed by atoms with Crippen molar-refractivity contribution in [3.05, 3.63) is 77.1 Å². The Hall–Kier alpha value is -3.68. The number of hydrogen-bond donors (Lipinski definition) is 2. The highest BCUT2D eigenvalue weighted by Crippen LogP contribution is 2.33. The molecule has 1 aliphatic rings. The zero-order valence-corrected chi connectivity index (χ0v) is 16.2. The summed E-state index contributed by atoms with van der Waals surface area (Å²) < 4.78 is 4.78. The van der Waals surface area contributed by atoms with E-state index in [1.165, 1.54) is 7.11 Å². The Kier molecular flexibility index (Phi) is 4.99. The SMILES string of the molecule is COC(=O)c1ccc(C)c(NC(=O)N2CCc3[nH]cnc3[C@@H]2c2cccnc2)c1. The number of aryl methyl sites for hydroxylation is 1. The van der Waals surface area contributed by atoms with Crippen molar-refractivity contribution in [3.8, 4) is 0 Å². The van der Waals surface area contributed by atoms with E-state index in [1.807, 2.05) is 19.1 Å². The van der Waals surface area contributed by atoms with E-state index in [2.05, 4.69) is 20.3 Å². The van der Waals surface area contributed by atoms with Crippen molar-refractivity contribution in [1.82, 2.24) is 19.9 Å². The molecule has 3 heterocycles. The molecule has 8 nitrogen and oxygen atoms in total. The van der Waals surface area contributed by atoms with Crippen LogP contribution in [0.4, 0.5) is 10.5 Å². The molecule has 3 aromatic rings. The molecule has 148 valence electrons. The van der Waals surface area contributed by atoms with Gasteiger partial charge in [0.05, 0.1) is 24.7 Å². The van der Waals surface area contributed by atoms with E-state index in [1.54, 1.807) is 41.8 Å². The molecule has 2 N–H and O–H groups in total. The van der Waals surface area contributed by atoms with Crippen molar-refractivity contribution in [1.29, 1.82) is 0 Å². The quantitative estimate of drug-likeness (QED) is 0.669. The summed E-state index contributed by atoms with van der Waals surface area (Å²) in [5.41, 5.74) is 4.52. The number of methoxy groups -OCH3 is 1. The average Bonchev–Trinajstić information content (AvgIpc) is 3.23. The lowest BCUT2D eigenvalue weighted by Crippen LogP contribution is -2.43. The summed E-state index contributed by atoms with van der Waals surface area (Å²) in [5, 5.41) is 2.94. The molecule has 0 unspecified atom stereocenters. The number of carbonyl (C=O) groups excluding carboxylic acids is 2. The lowest BCUT2D eigenvalue weighted by Gasteiger charge is -2.35. The van der Waals surface area contributed by atoms with Crippen LogP contribution in [-0.4, -0.2) is 45.5 Å². The molecule has 1 aliphatic heterocycles. The maximum Gasteiger partial charge on any atom is 0.337 e. The number of benzene rings is 1. The van der Waals surface area contributed by atoms with Crippen LogP contribution < -0.4 is 5.32 Å². The van der Waals surface area contributed by atoms with Crippen LogP contribution in [0.25, 0.3) is 0 Å². The van der Waals surface area contributed by atoms with E-state index >= 15 is 0 Å². The highest BCUT2D eigenvalue weighted by molar-refractivity contribution is 5.95. The van der Waals surface area contributed by atoms with Crippen molar-refractivity contribution >= 4 is 17.7 Å². The van der Waals surface area contributed by atoms with Gasteiger partial charge in [-0.2, -0.15) is 0 Å². The monoisotopic (exact) mass is 391 g/mol. The van der Waals surface area contributed by atoms with Gasteiger partial charge in [-0.25, -0.2) is 14.6 Å². The molecular formula is C21H21N5O3. The number of ether oxygens (including phenoxy) is 1. The summed E-state index contributed by atoms with van der Waals surface area (Å²) in [4.78, 5) is 38.6. The summed E-state index contributed by atoms with van der Waals surface area (Å²) >= 11 is 0. The van der Waals surface area contributed by atoms with Crippen LogP contribution >= 0.6 is 0 Å². The number of esters is 1. The number of aromatic nitrogens is 3. The first-order chi connectivity index (χ1) is 14.1. The second-order valence-electron chi connectivity index (χ2n) is 6.85. The molecular weight excluding hydrogens is 370 g/mol. The Morgan fingerprint density at radius 3 is 2.93 bits per heavy atom. The molecule has 0 spiro atoms. The zero-order valence-electron chi connectivity index (χ0n) is 16.2. The van der Waals surface area contributed by atoms with Gasteiger partial charge in [0, 0.05) is 36.7 Å². The Morgan fingerprint density at radius 1 is 1.31 bits per heavy atom. The van der Waals surface area contributed by atoms with Gasteiger partial charge >= 0.3 is 12.0 Å². The minimum atomic E-state index is -0.451. The third kappa shape index (κ3) is 3.56. The van der Waals surface area contributed by atoms with Crippen molar-refractivity contribution < 1.29 is 14.3 Å². The molecule has 1 aromatic carbocycles. The molecule has 29 heavy (non-hydrogen) atoms. The van der Waals surface area contributed by atoms with Gasteiger partial charge in [0.1, 0.15) is 6.04 Å². The molecule has 0 bridgehead atoms. The molecule has 2 aromatic heterocycles. The lowest BCUT2D eigenvalue weighted by molar-refractivity contribution is 0.0600. The second kappa shape index (κ2) is 7.75. The van der Waals surface area contributed by atoms with Crippen LogP contribution in [-0.2, 0) is 11.2 Å². The minimum Gasteiger partial charge on any atom is -0.465 e. The molecule has 0 fully saturated rings. The first-order valence-electron chi connectivity index (χ1n) is 9.27. The van der Waals surface area contributed by atoms with Crippen molar-refractivity contribution in [2.45, 2.75) is 19.4 Å². The number of urea groups is 1. The fraction of sp³-hybridized carbons (Fsp3) is 0.238. The van der Waals surface area contributed by atoms with Crippen molar-refractivity contribution in [2.24, 2.45) is 0 Å². The number of aromatic amines is 1. The Bertz CT molecular complexity index is 1050. The third-order valence-corrected chi connectivity index (χ3v) is 5.09. The highest BCUT2D eigenvalue weighted by atomic mass is 16.5. The normalized spacial score (nSPS) is 15.5. The lowest BCUT2D eigenvalue weighted by atomic mass is 9.97. The molecule has 2 amide bonds. The number of nitrogens with one attached hydrogen (secondary N) is 2. The molecule has 0 aliphatic carbocycles. The molecule has 1 atom stereocenters. The van der Waals surface area contributed by atoms with Crippen LogP contribution in [0.3, 0.4) is 0 Å². The van der Waals surface area contributed by atoms with Gasteiger partial charge in [-0.05, 0) is 36.2 Å². The Labute approximate surface area is 167 Å². The summed E-state index contributed by atoms with van der Waals surface area (Å²) in [7, 11) is 1.33. The maximum absolute atomic E-state index is 13.2. The van der Waals surface area contributed by atoms with Gasteiger partial charge in [-0.15, -0.1) is 0 Å². The summed E-state index contributed by atoms with van der Waals surface area (Å²) in [6.07, 6.45) is 5.78. The summed E-state index contributed by atoms with van der Waals surface area (Å²) in [6.45, 7) is 2.40. The predicted molar refractivity (Wildman–Crippen MR) is 107 cm³/mol. The minimum absolute atomic E-state index is 0.266. The largest absolute Gasteiger partial charge is 0.465 e. The van der Waals surface area contributed by atoms with Gasteiger partial charge in [0.15, 0.2) is 0 Å². The number of nitrogens with zero attached hydrogens (tertiary/aromatic N) is 3. The molecule has 0 saturated carbocycles. The van der Waals surface area contributed by atoms with Gasteiger partial charge in [0.2, 0.25) is 0 Å². The van der Waals surface area contributed by atoms with E-state index in [0.717, 1.165) is 22.5 Å². The van der Waals surface area contributed by atoms with Gasteiger partial charge in [-0.1, -0.05) is 12.1 Å². The van der Waals surface area contributed by atoms with E-state index in [-0.39, 0.29) is 12.1 Å². The Balaban J connectivity index is 1.65. The van der Waals surface area contributed by atoms with Gasteiger partial charge in [0.25, 0.3) is 0 Å². The number of amides is 2. The van der Waals surface area contributed by atoms with E-state index in [0.29, 0.717) is 24.2 Å². The zero-order chi connectivity index (χ0) is 20.4. The van der Waals surface area contributed by atoms with Crippen LogP contribution in [0.15, 0.2) is 49.1 Å². The maximum atomic E-state index is 13.2. The van der Waals surface area contributed by atoms with E-state index < -0.39 is 5.97 Å². The summed E-state index contributed by atoms with van der Waals surface area (Å²) in [6, 6.07) is 8.25. The summed E-state index contributed by atoms with van der Waals surface area (Å²) in [5.74, 6) is -0.451. The number of H-pyrrole nitrogens is 1. The van der Waals surface area contributed by atoms with Gasteiger partial charge < -0.3 is 19.9 Å². The first-order valence-corrected chi connectivity index (χ1v) is 9.27. The first kappa shape index (κ1) is 18.7. The average molecular weight is 391 g/mol. The van der Waals surface area contributed by atoms with Crippen LogP contribution in [0.2, 0.25) is 0 Å². The third-order valence-electron chi connectivity index (χ3n) is 5.09. The standard InChI is InChI=1S/C21H21N5O3/c1-13-5-6-14(20(27)29-2)10-17(13)25-21(28)26-9-7-16-18(24-12-23-16)19(26)15-4-3-8-22-11-15/h3-6,8,10-12,19H,7,9H2,1-2H3,(H,23,24)(H,25,28)/t19-/m0/s1. The van der Waals surface area contributed by atoms with Crippen LogP contribution in [0, 0.1) is 6.92 Å². The van der Waals surface area contributed by atoms with E-state index in [9.17, 15) is 9.59 Å². The van der Waals surface area contributed by atoms with Crippen molar-refractivity contribution in [2.75, 3.05) is 19.0 Å². The molecule has 0 radical (unpaired) electrons. The topological polar surface area (TPSA) is 100 Å². The van der Waals surface area contributed by atoms with Crippen LogP contribution in [0.5, 0.6) is 0 Å².